The Kier molecular flexibility index (Phi) is 4.39. The molecule has 2 nitrogen and oxygen atoms in total. The van der Waals surface area contributed by atoms with Crippen molar-refractivity contribution < 1.29 is 0 Å². The molecule has 1 N–H and O–H groups in total. The second kappa shape index (κ2) is 5.13. The fourth-order valence-electron chi connectivity index (χ4n) is 2.41. The zero-order chi connectivity index (χ0) is 10.6. The number of rotatable bonds is 5. The van der Waals surface area contributed by atoms with Crippen molar-refractivity contribution in [3.63, 3.8) is 0 Å². The lowest BCUT2D eigenvalue weighted by Crippen LogP contribution is -2.48. The molecule has 1 aliphatic heterocycles. The van der Waals surface area contributed by atoms with Gasteiger partial charge in [-0.2, -0.15) is 0 Å². The van der Waals surface area contributed by atoms with Crippen LogP contribution in [0.25, 0.3) is 0 Å². The molecule has 1 aliphatic rings. The maximum absolute atomic E-state index is 3.63. The quantitative estimate of drug-likeness (QED) is 0.728. The van der Waals surface area contributed by atoms with Gasteiger partial charge < -0.3 is 10.2 Å². The predicted molar refractivity (Wildman–Crippen MR) is 62.6 cm³/mol. The lowest BCUT2D eigenvalue weighted by atomic mass is 9.99. The van der Waals surface area contributed by atoms with E-state index >= 15 is 0 Å². The fraction of sp³-hybridized carbons (Fsp3) is 1.00. The topological polar surface area (TPSA) is 15.3 Å². The highest BCUT2D eigenvalue weighted by atomic mass is 15.2. The van der Waals surface area contributed by atoms with Crippen molar-refractivity contribution in [2.75, 3.05) is 26.2 Å². The van der Waals surface area contributed by atoms with Gasteiger partial charge in [-0.15, -0.1) is 0 Å². The average Bonchev–Trinajstić information content (AvgIpc) is 2.50. The van der Waals surface area contributed by atoms with Crippen molar-refractivity contribution in [1.29, 1.82) is 0 Å². The average molecular weight is 198 g/mol. The summed E-state index contributed by atoms with van der Waals surface area (Å²) in [5.74, 6) is 0.778. The molecule has 0 aromatic rings. The lowest BCUT2D eigenvalue weighted by Gasteiger charge is -2.33. The summed E-state index contributed by atoms with van der Waals surface area (Å²) in [7, 11) is 0. The molecular formula is C12H26N2. The van der Waals surface area contributed by atoms with E-state index in [0.717, 1.165) is 5.92 Å². The zero-order valence-electron chi connectivity index (χ0n) is 10.3. The third kappa shape index (κ3) is 3.58. The third-order valence-corrected chi connectivity index (χ3v) is 3.10. The molecule has 0 radical (unpaired) electrons. The predicted octanol–water partition coefficient (Wildman–Crippen LogP) is 2.11. The molecule has 0 aromatic carbocycles. The van der Waals surface area contributed by atoms with Crippen LogP contribution in [0.15, 0.2) is 0 Å². The van der Waals surface area contributed by atoms with Gasteiger partial charge in [0.15, 0.2) is 0 Å². The Morgan fingerprint density at radius 3 is 2.57 bits per heavy atom. The molecule has 1 saturated heterocycles. The molecular weight excluding hydrogens is 172 g/mol. The van der Waals surface area contributed by atoms with Gasteiger partial charge in [-0.1, -0.05) is 20.8 Å². The Morgan fingerprint density at radius 2 is 2.14 bits per heavy atom. The summed E-state index contributed by atoms with van der Waals surface area (Å²) in [6.45, 7) is 14.0. The lowest BCUT2D eigenvalue weighted by molar-refractivity contribution is 0.193. The Morgan fingerprint density at radius 1 is 1.43 bits per heavy atom. The van der Waals surface area contributed by atoms with E-state index in [1.165, 1.54) is 39.0 Å². The Balaban J connectivity index is 2.38. The van der Waals surface area contributed by atoms with E-state index < -0.39 is 0 Å². The highest BCUT2D eigenvalue weighted by Gasteiger charge is 2.29. The Labute approximate surface area is 89.1 Å². The molecule has 0 aromatic heterocycles. The summed E-state index contributed by atoms with van der Waals surface area (Å²) < 4.78 is 0. The Bertz CT molecular complexity index is 160. The summed E-state index contributed by atoms with van der Waals surface area (Å²) in [5.41, 5.74) is 0.380. The minimum atomic E-state index is 0.380. The standard InChI is InChI=1S/C12H26N2/c1-5-14(9-11(2)3)10-12(4)7-6-8-13-12/h11,13H,5-10H2,1-4H3. The molecule has 1 rings (SSSR count). The molecule has 1 fully saturated rings. The van der Waals surface area contributed by atoms with Gasteiger partial charge in [0.2, 0.25) is 0 Å². The molecule has 1 heterocycles. The second-order valence-corrected chi connectivity index (χ2v) is 5.31. The molecule has 0 spiro atoms. The first-order chi connectivity index (χ1) is 6.56. The van der Waals surface area contributed by atoms with Crippen molar-refractivity contribution in [3.05, 3.63) is 0 Å². The van der Waals surface area contributed by atoms with E-state index in [9.17, 15) is 0 Å². The van der Waals surface area contributed by atoms with Gasteiger partial charge in [-0.3, -0.25) is 0 Å². The highest BCUT2D eigenvalue weighted by Crippen LogP contribution is 2.20. The Hall–Kier alpha value is -0.0800. The van der Waals surface area contributed by atoms with Crippen LogP contribution in [0, 0.1) is 5.92 Å². The summed E-state index contributed by atoms with van der Waals surface area (Å²) in [6, 6.07) is 0. The maximum Gasteiger partial charge on any atom is 0.0280 e. The first-order valence-electron chi connectivity index (χ1n) is 6.03. The van der Waals surface area contributed by atoms with Crippen LogP contribution < -0.4 is 5.32 Å². The van der Waals surface area contributed by atoms with Crippen molar-refractivity contribution in [2.45, 2.75) is 46.1 Å². The van der Waals surface area contributed by atoms with E-state index in [1.54, 1.807) is 0 Å². The van der Waals surface area contributed by atoms with Crippen molar-refractivity contribution in [3.8, 4) is 0 Å². The van der Waals surface area contributed by atoms with Crippen LogP contribution in [0.5, 0.6) is 0 Å². The molecule has 0 amide bonds. The largest absolute Gasteiger partial charge is 0.310 e. The van der Waals surface area contributed by atoms with E-state index in [0.29, 0.717) is 5.54 Å². The first kappa shape index (κ1) is 12.0. The molecule has 1 unspecified atom stereocenters. The number of hydrogen-bond donors (Lipinski definition) is 1. The number of hydrogen-bond acceptors (Lipinski definition) is 2. The minimum absolute atomic E-state index is 0.380. The van der Waals surface area contributed by atoms with Crippen LogP contribution in [0.4, 0.5) is 0 Å². The second-order valence-electron chi connectivity index (χ2n) is 5.31. The molecule has 0 aliphatic carbocycles. The molecule has 1 atom stereocenters. The third-order valence-electron chi connectivity index (χ3n) is 3.10. The summed E-state index contributed by atoms with van der Waals surface area (Å²) in [6.07, 6.45) is 2.68. The van der Waals surface area contributed by atoms with Crippen molar-refractivity contribution >= 4 is 0 Å². The van der Waals surface area contributed by atoms with Gasteiger partial charge in [0.25, 0.3) is 0 Å². The zero-order valence-corrected chi connectivity index (χ0v) is 10.3. The van der Waals surface area contributed by atoms with Crippen LogP contribution in [0.1, 0.15) is 40.5 Å². The highest BCUT2D eigenvalue weighted by molar-refractivity contribution is 4.91. The van der Waals surface area contributed by atoms with Gasteiger partial charge >= 0.3 is 0 Å². The molecule has 0 saturated carbocycles. The molecule has 14 heavy (non-hydrogen) atoms. The van der Waals surface area contributed by atoms with Crippen LogP contribution in [0.2, 0.25) is 0 Å². The van der Waals surface area contributed by atoms with Crippen LogP contribution >= 0.6 is 0 Å². The van der Waals surface area contributed by atoms with E-state index in [1.807, 2.05) is 0 Å². The number of likely N-dealkylation sites (N-methyl/N-ethyl adjacent to an activating group) is 1. The fourth-order valence-corrected chi connectivity index (χ4v) is 2.41. The van der Waals surface area contributed by atoms with Crippen molar-refractivity contribution in [2.24, 2.45) is 5.92 Å². The van der Waals surface area contributed by atoms with Crippen molar-refractivity contribution in [1.82, 2.24) is 10.2 Å². The summed E-state index contributed by atoms with van der Waals surface area (Å²) in [4.78, 5) is 2.57. The summed E-state index contributed by atoms with van der Waals surface area (Å²) in [5, 5.41) is 3.63. The SMILES string of the molecule is CCN(CC(C)C)CC1(C)CCCN1. The normalized spacial score (nSPS) is 27.9. The van der Waals surface area contributed by atoms with Gasteiger partial charge in [0.05, 0.1) is 0 Å². The van der Waals surface area contributed by atoms with E-state index in [2.05, 4.69) is 37.9 Å². The van der Waals surface area contributed by atoms with E-state index in [4.69, 9.17) is 0 Å². The smallest absolute Gasteiger partial charge is 0.0280 e. The molecule has 2 heteroatoms. The van der Waals surface area contributed by atoms with Crippen LogP contribution in [0.3, 0.4) is 0 Å². The first-order valence-corrected chi connectivity index (χ1v) is 6.03. The van der Waals surface area contributed by atoms with Gasteiger partial charge in [-0.25, -0.2) is 0 Å². The monoisotopic (exact) mass is 198 g/mol. The number of nitrogens with zero attached hydrogens (tertiary/aromatic N) is 1. The molecule has 84 valence electrons. The van der Waals surface area contributed by atoms with Gasteiger partial charge in [0.1, 0.15) is 0 Å². The maximum atomic E-state index is 3.63. The van der Waals surface area contributed by atoms with Gasteiger partial charge in [0, 0.05) is 18.6 Å². The minimum Gasteiger partial charge on any atom is -0.310 e. The van der Waals surface area contributed by atoms with Crippen LogP contribution in [-0.4, -0.2) is 36.6 Å². The van der Waals surface area contributed by atoms with Gasteiger partial charge in [-0.05, 0) is 38.8 Å². The summed E-state index contributed by atoms with van der Waals surface area (Å²) >= 11 is 0. The van der Waals surface area contributed by atoms with Crippen LogP contribution in [-0.2, 0) is 0 Å². The van der Waals surface area contributed by atoms with E-state index in [-0.39, 0.29) is 0 Å². The molecule has 0 bridgehead atoms. The number of nitrogens with one attached hydrogen (secondary N) is 1.